The van der Waals surface area contributed by atoms with Gasteiger partial charge in [-0.25, -0.2) is 0 Å². The van der Waals surface area contributed by atoms with Crippen LogP contribution in [0.1, 0.15) is 34.0 Å². The highest BCUT2D eigenvalue weighted by Gasteiger charge is 2.53. The zero-order valence-corrected chi connectivity index (χ0v) is 12.0. The summed E-state index contributed by atoms with van der Waals surface area (Å²) in [4.78, 5) is 18.8. The van der Waals surface area contributed by atoms with Gasteiger partial charge < -0.3 is 4.90 Å². The summed E-state index contributed by atoms with van der Waals surface area (Å²) < 4.78 is 0. The van der Waals surface area contributed by atoms with E-state index in [4.69, 9.17) is 0 Å². The van der Waals surface area contributed by atoms with Gasteiger partial charge in [-0.3, -0.25) is 15.1 Å². The Labute approximate surface area is 123 Å². The molecule has 2 aliphatic heterocycles. The van der Waals surface area contributed by atoms with E-state index in [9.17, 15) is 4.79 Å². The molecule has 4 heteroatoms. The van der Waals surface area contributed by atoms with Crippen LogP contribution in [0.25, 0.3) is 0 Å². The first kappa shape index (κ1) is 12.5. The number of carbonyl (C=O) groups excluding carboxylic acids is 1. The van der Waals surface area contributed by atoms with Crippen LogP contribution in [0.3, 0.4) is 0 Å². The molecule has 1 unspecified atom stereocenters. The molecule has 2 aliphatic rings. The Morgan fingerprint density at radius 3 is 2.86 bits per heavy atom. The Morgan fingerprint density at radius 2 is 2.10 bits per heavy atom. The predicted octanol–water partition coefficient (Wildman–Crippen LogP) is 1.90. The predicted molar refractivity (Wildman–Crippen MR) is 79.9 cm³/mol. The zero-order valence-electron chi connectivity index (χ0n) is 12.0. The number of hydrogen-bond acceptors (Lipinski definition) is 3. The normalized spacial score (nSPS) is 23.3. The van der Waals surface area contributed by atoms with Gasteiger partial charge in [0.1, 0.15) is 5.66 Å². The molecule has 1 aromatic heterocycles. The van der Waals surface area contributed by atoms with E-state index in [0.29, 0.717) is 0 Å². The van der Waals surface area contributed by atoms with Crippen LogP contribution in [0.15, 0.2) is 42.7 Å². The summed E-state index contributed by atoms with van der Waals surface area (Å²) in [5.74, 6) is 0.0944. The third-order valence-electron chi connectivity index (χ3n) is 4.59. The third kappa shape index (κ3) is 1.54. The first-order valence-corrected chi connectivity index (χ1v) is 7.38. The van der Waals surface area contributed by atoms with Gasteiger partial charge in [-0.15, -0.1) is 0 Å². The summed E-state index contributed by atoms with van der Waals surface area (Å²) in [5.41, 5.74) is 3.61. The molecule has 0 radical (unpaired) electrons. The van der Waals surface area contributed by atoms with Crippen molar-refractivity contribution in [1.29, 1.82) is 0 Å². The van der Waals surface area contributed by atoms with E-state index < -0.39 is 5.66 Å². The number of amides is 1. The molecule has 2 aromatic rings. The van der Waals surface area contributed by atoms with Gasteiger partial charge in [-0.1, -0.05) is 31.2 Å². The van der Waals surface area contributed by atoms with Crippen LogP contribution in [0.4, 0.5) is 0 Å². The first-order valence-electron chi connectivity index (χ1n) is 7.38. The maximum absolute atomic E-state index is 12.6. The number of pyridine rings is 1. The summed E-state index contributed by atoms with van der Waals surface area (Å²) in [6.07, 6.45) is 4.52. The van der Waals surface area contributed by atoms with E-state index in [1.807, 2.05) is 17.2 Å². The lowest BCUT2D eigenvalue weighted by Crippen LogP contribution is -2.46. The molecule has 3 heterocycles. The molecular formula is C17H17N3O. The summed E-state index contributed by atoms with van der Waals surface area (Å²) in [6, 6.07) is 10.3. The smallest absolute Gasteiger partial charge is 0.256 e. The fourth-order valence-corrected chi connectivity index (χ4v) is 3.52. The van der Waals surface area contributed by atoms with Crippen LogP contribution in [0, 0.1) is 0 Å². The molecule has 21 heavy (non-hydrogen) atoms. The van der Waals surface area contributed by atoms with Gasteiger partial charge in [-0.05, 0) is 23.6 Å². The van der Waals surface area contributed by atoms with Crippen molar-refractivity contribution in [2.45, 2.75) is 19.0 Å². The molecule has 106 valence electrons. The van der Waals surface area contributed by atoms with Crippen molar-refractivity contribution in [2.24, 2.45) is 0 Å². The topological polar surface area (TPSA) is 45.2 Å². The average molecular weight is 279 g/mol. The first-order chi connectivity index (χ1) is 10.3. The maximum atomic E-state index is 12.6. The Hall–Kier alpha value is -2.20. The van der Waals surface area contributed by atoms with Gasteiger partial charge in [0, 0.05) is 36.6 Å². The van der Waals surface area contributed by atoms with Crippen molar-refractivity contribution in [3.63, 3.8) is 0 Å². The minimum absolute atomic E-state index is 0.0944. The van der Waals surface area contributed by atoms with Crippen molar-refractivity contribution in [2.75, 3.05) is 13.1 Å². The molecule has 4 rings (SSSR count). The summed E-state index contributed by atoms with van der Waals surface area (Å²) in [7, 11) is 0. The van der Waals surface area contributed by atoms with Gasteiger partial charge >= 0.3 is 0 Å². The number of nitrogens with zero attached hydrogens (tertiary/aromatic N) is 2. The minimum Gasteiger partial charge on any atom is -0.311 e. The molecule has 1 N–H and O–H groups in total. The van der Waals surface area contributed by atoms with E-state index in [1.165, 1.54) is 5.56 Å². The Balaban J connectivity index is 1.93. The number of hydrogen-bond donors (Lipinski definition) is 1. The summed E-state index contributed by atoms with van der Waals surface area (Å²) >= 11 is 0. The van der Waals surface area contributed by atoms with Crippen LogP contribution in [-0.2, 0) is 12.1 Å². The largest absolute Gasteiger partial charge is 0.311 e. The van der Waals surface area contributed by atoms with Gasteiger partial charge in [0.2, 0.25) is 0 Å². The summed E-state index contributed by atoms with van der Waals surface area (Å²) in [5, 5.41) is 3.54. The maximum Gasteiger partial charge on any atom is 0.256 e. The van der Waals surface area contributed by atoms with Gasteiger partial charge in [0.25, 0.3) is 5.91 Å². The SMILES string of the molecule is CCc1ccc(C23NCCN2C(=O)c2ccncc23)cc1. The highest BCUT2D eigenvalue weighted by Crippen LogP contribution is 2.43. The van der Waals surface area contributed by atoms with Crippen LogP contribution < -0.4 is 5.32 Å². The van der Waals surface area contributed by atoms with E-state index in [0.717, 1.165) is 36.2 Å². The van der Waals surface area contributed by atoms with Crippen LogP contribution >= 0.6 is 0 Å². The van der Waals surface area contributed by atoms with E-state index >= 15 is 0 Å². The highest BCUT2D eigenvalue weighted by atomic mass is 16.2. The second kappa shape index (κ2) is 4.40. The Morgan fingerprint density at radius 1 is 1.29 bits per heavy atom. The van der Waals surface area contributed by atoms with Crippen molar-refractivity contribution in [3.8, 4) is 0 Å². The molecule has 1 fully saturated rings. The molecule has 4 nitrogen and oxygen atoms in total. The summed E-state index contributed by atoms with van der Waals surface area (Å²) in [6.45, 7) is 3.67. The standard InChI is InChI=1S/C17H17N3O/c1-2-12-3-5-13(6-4-12)17-15-11-18-8-7-14(15)16(21)20(17)10-9-19-17/h3-8,11,19H,2,9-10H2,1H3. The minimum atomic E-state index is -0.535. The Kier molecular flexibility index (Phi) is 2.62. The van der Waals surface area contributed by atoms with Crippen LogP contribution in [0.2, 0.25) is 0 Å². The van der Waals surface area contributed by atoms with Gasteiger partial charge in [-0.2, -0.15) is 0 Å². The fourth-order valence-electron chi connectivity index (χ4n) is 3.52. The van der Waals surface area contributed by atoms with Crippen molar-refractivity contribution in [3.05, 3.63) is 65.0 Å². The van der Waals surface area contributed by atoms with Crippen LogP contribution in [0.5, 0.6) is 0 Å². The van der Waals surface area contributed by atoms with E-state index in [2.05, 4.69) is 41.5 Å². The van der Waals surface area contributed by atoms with Gasteiger partial charge in [0.15, 0.2) is 0 Å². The lowest BCUT2D eigenvalue weighted by atomic mass is 9.92. The monoisotopic (exact) mass is 279 g/mol. The second-order valence-corrected chi connectivity index (χ2v) is 5.57. The van der Waals surface area contributed by atoms with Crippen molar-refractivity contribution >= 4 is 5.91 Å². The zero-order chi connectivity index (χ0) is 14.4. The van der Waals surface area contributed by atoms with E-state index in [-0.39, 0.29) is 5.91 Å². The number of nitrogens with one attached hydrogen (secondary N) is 1. The average Bonchev–Trinajstić information content (AvgIpc) is 3.08. The fraction of sp³-hybridized carbons (Fsp3) is 0.294. The number of carbonyl (C=O) groups is 1. The lowest BCUT2D eigenvalue weighted by molar-refractivity contribution is 0.0694. The second-order valence-electron chi connectivity index (χ2n) is 5.57. The number of fused-ring (bicyclic) bond motifs is 3. The molecule has 0 saturated carbocycles. The molecule has 1 aromatic carbocycles. The van der Waals surface area contributed by atoms with Crippen molar-refractivity contribution in [1.82, 2.24) is 15.2 Å². The number of aromatic nitrogens is 1. The quantitative estimate of drug-likeness (QED) is 0.913. The molecule has 0 aliphatic carbocycles. The number of rotatable bonds is 2. The molecule has 0 spiro atoms. The molecule has 1 amide bonds. The lowest BCUT2D eigenvalue weighted by Gasteiger charge is -2.33. The Bertz CT molecular complexity index is 710. The molecule has 1 saturated heterocycles. The van der Waals surface area contributed by atoms with Crippen molar-refractivity contribution < 1.29 is 4.79 Å². The molecule has 1 atom stereocenters. The van der Waals surface area contributed by atoms with Crippen LogP contribution in [-0.4, -0.2) is 28.9 Å². The molecule has 0 bridgehead atoms. The molecular weight excluding hydrogens is 262 g/mol. The van der Waals surface area contributed by atoms with Gasteiger partial charge in [0.05, 0.1) is 0 Å². The third-order valence-corrected chi connectivity index (χ3v) is 4.59. The van der Waals surface area contributed by atoms with E-state index in [1.54, 1.807) is 6.20 Å². The number of aryl methyl sites for hydroxylation is 1. The number of benzene rings is 1. The highest BCUT2D eigenvalue weighted by molar-refractivity contribution is 6.00.